The van der Waals surface area contributed by atoms with Gasteiger partial charge in [0, 0.05) is 30.6 Å². The number of halogens is 2. The van der Waals surface area contributed by atoms with Crippen molar-refractivity contribution in [3.63, 3.8) is 0 Å². The minimum atomic E-state index is -0.670. The maximum absolute atomic E-state index is 14.9. The van der Waals surface area contributed by atoms with E-state index in [1.165, 1.54) is 59.4 Å². The van der Waals surface area contributed by atoms with E-state index in [1.807, 2.05) is 13.8 Å². The number of aromatic nitrogens is 2. The van der Waals surface area contributed by atoms with Gasteiger partial charge >= 0.3 is 0 Å². The van der Waals surface area contributed by atoms with E-state index in [4.69, 9.17) is 9.47 Å². The molecule has 2 aromatic carbocycles. The van der Waals surface area contributed by atoms with Gasteiger partial charge in [-0.05, 0) is 67.9 Å². The highest BCUT2D eigenvalue weighted by Gasteiger charge is 2.29. The van der Waals surface area contributed by atoms with Gasteiger partial charge in [-0.2, -0.15) is 0 Å². The van der Waals surface area contributed by atoms with Crippen molar-refractivity contribution in [2.45, 2.75) is 25.8 Å². The molecule has 5 rings (SSSR count). The summed E-state index contributed by atoms with van der Waals surface area (Å²) in [6.45, 7) is 4.32. The van der Waals surface area contributed by atoms with Gasteiger partial charge in [0.25, 0.3) is 5.56 Å². The van der Waals surface area contributed by atoms with Gasteiger partial charge in [-0.3, -0.25) is 14.2 Å². The fourth-order valence-electron chi connectivity index (χ4n) is 4.00. The summed E-state index contributed by atoms with van der Waals surface area (Å²) in [5.41, 5.74) is -0.0983. The second-order valence-electron chi connectivity index (χ2n) is 9.32. The van der Waals surface area contributed by atoms with E-state index in [9.17, 15) is 18.4 Å². The van der Waals surface area contributed by atoms with E-state index in [0.29, 0.717) is 35.2 Å². The maximum Gasteiger partial charge on any atom is 0.265 e. The molecule has 1 aliphatic rings. The molecule has 0 bridgehead atoms. The number of anilines is 1. The number of hydrogen-bond acceptors (Lipinski definition) is 6. The molecule has 188 valence electrons. The molecule has 0 unspecified atom stereocenters. The molecule has 1 aliphatic heterocycles. The van der Waals surface area contributed by atoms with E-state index < -0.39 is 23.0 Å². The van der Waals surface area contributed by atoms with Crippen molar-refractivity contribution in [1.29, 1.82) is 0 Å². The van der Waals surface area contributed by atoms with E-state index in [0.717, 1.165) is 0 Å². The molecule has 3 heterocycles. The first kappa shape index (κ1) is 24.2. The Hall–Kier alpha value is -4.53. The van der Waals surface area contributed by atoms with Crippen LogP contribution in [0.3, 0.4) is 0 Å². The summed E-state index contributed by atoms with van der Waals surface area (Å²) < 4.78 is 41.0. The van der Waals surface area contributed by atoms with Crippen LogP contribution in [0.25, 0.3) is 5.69 Å². The Morgan fingerprint density at radius 3 is 2.65 bits per heavy atom. The number of benzene rings is 2. The smallest absolute Gasteiger partial charge is 0.265 e. The van der Waals surface area contributed by atoms with Crippen molar-refractivity contribution in [3.05, 3.63) is 106 Å². The summed E-state index contributed by atoms with van der Waals surface area (Å²) in [4.78, 5) is 30.1. The molecule has 0 atom stereocenters. The third-order valence-corrected chi connectivity index (χ3v) is 5.84. The van der Waals surface area contributed by atoms with Gasteiger partial charge in [0.2, 0.25) is 5.75 Å². The first-order chi connectivity index (χ1) is 17.7. The lowest BCUT2D eigenvalue weighted by Crippen LogP contribution is -2.41. The van der Waals surface area contributed by atoms with Gasteiger partial charge < -0.3 is 14.8 Å². The maximum atomic E-state index is 14.9. The van der Waals surface area contributed by atoms with Crippen LogP contribution in [0.15, 0.2) is 77.9 Å². The number of pyridine rings is 2. The van der Waals surface area contributed by atoms with Crippen LogP contribution in [0.1, 0.15) is 29.8 Å². The fraction of sp³-hybridized carbons (Fsp3) is 0.179. The predicted molar refractivity (Wildman–Crippen MR) is 134 cm³/mol. The summed E-state index contributed by atoms with van der Waals surface area (Å²) in [6, 6.07) is 14.1. The highest BCUT2D eigenvalue weighted by molar-refractivity contribution is 5.97. The minimum absolute atomic E-state index is 0.0450. The summed E-state index contributed by atoms with van der Waals surface area (Å²) in [6.07, 6.45) is 2.85. The zero-order valence-electron chi connectivity index (χ0n) is 20.1. The number of hydrogen-bond donors (Lipinski definition) is 1. The van der Waals surface area contributed by atoms with Crippen LogP contribution in [0, 0.1) is 11.6 Å². The third-order valence-electron chi connectivity index (χ3n) is 5.84. The molecule has 0 radical (unpaired) electrons. The zero-order chi connectivity index (χ0) is 26.2. The van der Waals surface area contributed by atoms with Crippen molar-refractivity contribution in [1.82, 2.24) is 9.55 Å². The number of Topliss-reactive ketones (excluding diaryl/α,β-unsaturated/α-hetero) is 1. The Kier molecular flexibility index (Phi) is 6.20. The first-order valence-corrected chi connectivity index (χ1v) is 11.6. The zero-order valence-corrected chi connectivity index (χ0v) is 20.1. The Bertz CT molecular complexity index is 1550. The highest BCUT2D eigenvalue weighted by Crippen LogP contribution is 2.41. The van der Waals surface area contributed by atoms with E-state index >= 15 is 0 Å². The van der Waals surface area contributed by atoms with Crippen molar-refractivity contribution in [2.75, 3.05) is 11.9 Å². The lowest BCUT2D eigenvalue weighted by Gasteiger charge is -2.33. The molecule has 1 N–H and O–H groups in total. The number of ketones is 1. The molecule has 7 nitrogen and oxygen atoms in total. The summed E-state index contributed by atoms with van der Waals surface area (Å²) >= 11 is 0. The van der Waals surface area contributed by atoms with Crippen LogP contribution < -0.4 is 20.3 Å². The van der Waals surface area contributed by atoms with Crippen LogP contribution in [0.4, 0.5) is 14.6 Å². The molecular formula is C28H23F2N3O4. The van der Waals surface area contributed by atoms with Crippen LogP contribution >= 0.6 is 0 Å². The first-order valence-electron chi connectivity index (χ1n) is 11.6. The molecule has 2 aromatic heterocycles. The van der Waals surface area contributed by atoms with Crippen LogP contribution in [-0.2, 0) is 6.42 Å². The molecule has 0 saturated carbocycles. The standard InChI is InChI=1S/C28H23F2N3O4/c1-28(2)16-36-25-24(11-12-31-26(25)32-28)37-23-10-5-17(14-21(23)30)15-22(34)20-4-3-13-33(27(20)35)19-8-6-18(29)7-9-19/h3-14H,15-16H2,1-2H3,(H,31,32). The van der Waals surface area contributed by atoms with Gasteiger partial charge in [0.1, 0.15) is 12.4 Å². The lowest BCUT2D eigenvalue weighted by atomic mass is 10.0. The lowest BCUT2D eigenvalue weighted by molar-refractivity contribution is 0.0991. The molecular weight excluding hydrogens is 480 g/mol. The number of nitrogens with one attached hydrogen (secondary N) is 1. The summed E-state index contributed by atoms with van der Waals surface area (Å²) in [7, 11) is 0. The van der Waals surface area contributed by atoms with E-state index in [-0.39, 0.29) is 23.3 Å². The fourth-order valence-corrected chi connectivity index (χ4v) is 4.00. The number of nitrogens with zero attached hydrogens (tertiary/aromatic N) is 2. The second-order valence-corrected chi connectivity index (χ2v) is 9.32. The topological polar surface area (TPSA) is 82.5 Å². The molecule has 0 amide bonds. The number of carbonyl (C=O) groups excluding carboxylic acids is 1. The Morgan fingerprint density at radius 2 is 1.89 bits per heavy atom. The van der Waals surface area contributed by atoms with Gasteiger partial charge in [0.05, 0.1) is 11.1 Å². The molecule has 0 spiro atoms. The van der Waals surface area contributed by atoms with Crippen molar-refractivity contribution in [3.8, 4) is 22.9 Å². The van der Waals surface area contributed by atoms with E-state index in [2.05, 4.69) is 10.3 Å². The Morgan fingerprint density at radius 1 is 1.11 bits per heavy atom. The molecule has 0 saturated heterocycles. The quantitative estimate of drug-likeness (QED) is 0.359. The normalized spacial score (nSPS) is 13.7. The van der Waals surface area contributed by atoms with Gasteiger partial charge in [-0.25, -0.2) is 13.8 Å². The van der Waals surface area contributed by atoms with Crippen LogP contribution in [0.2, 0.25) is 0 Å². The number of rotatable bonds is 6. The SMILES string of the molecule is CC1(C)COc2c(Oc3ccc(CC(=O)c4cccn(-c5ccc(F)cc5)c4=O)cc3F)ccnc2N1. The minimum Gasteiger partial charge on any atom is -0.484 e. The second kappa shape index (κ2) is 9.50. The average Bonchev–Trinajstić information content (AvgIpc) is 2.86. The Balaban J connectivity index is 1.34. The van der Waals surface area contributed by atoms with E-state index in [1.54, 1.807) is 18.2 Å². The molecule has 9 heteroatoms. The van der Waals surface area contributed by atoms with Crippen molar-refractivity contribution >= 4 is 11.6 Å². The van der Waals surface area contributed by atoms with Crippen molar-refractivity contribution < 1.29 is 23.0 Å². The van der Waals surface area contributed by atoms with Crippen LogP contribution in [-0.4, -0.2) is 27.5 Å². The monoisotopic (exact) mass is 503 g/mol. The van der Waals surface area contributed by atoms with Gasteiger partial charge in [0.15, 0.2) is 28.9 Å². The van der Waals surface area contributed by atoms with Crippen LogP contribution in [0.5, 0.6) is 17.2 Å². The predicted octanol–water partition coefficient (Wildman–Crippen LogP) is 5.31. The van der Waals surface area contributed by atoms with Crippen molar-refractivity contribution in [2.24, 2.45) is 0 Å². The van der Waals surface area contributed by atoms with Gasteiger partial charge in [-0.15, -0.1) is 0 Å². The Labute approximate surface area is 211 Å². The third kappa shape index (κ3) is 5.06. The largest absolute Gasteiger partial charge is 0.484 e. The number of carbonyl (C=O) groups is 1. The summed E-state index contributed by atoms with van der Waals surface area (Å²) in [5.74, 6) is -0.419. The van der Waals surface area contributed by atoms with Gasteiger partial charge in [-0.1, -0.05) is 6.07 Å². The highest BCUT2D eigenvalue weighted by atomic mass is 19.1. The number of ether oxygens (including phenoxy) is 2. The average molecular weight is 504 g/mol. The molecule has 37 heavy (non-hydrogen) atoms. The molecule has 0 aliphatic carbocycles. The molecule has 0 fully saturated rings. The molecule has 4 aromatic rings. The number of fused-ring (bicyclic) bond motifs is 1. The summed E-state index contributed by atoms with van der Waals surface area (Å²) in [5, 5.41) is 3.25.